The standard InChI is InChI=1S/C25H35N5O5/c1-19(2)15-29(27-24(33)35-25(3,4)5)17-22(31)30(16-21-12-9-13-26-14-21)28-23(32)34-18-20-10-7-6-8-11-20/h6-14,19H,15-18H2,1-5H3,(H,27,33)(H,28,32). The summed E-state index contributed by atoms with van der Waals surface area (Å²) in [4.78, 5) is 42.0. The van der Waals surface area contributed by atoms with E-state index in [4.69, 9.17) is 9.47 Å². The predicted molar refractivity (Wildman–Crippen MR) is 130 cm³/mol. The van der Waals surface area contributed by atoms with Crippen molar-refractivity contribution in [3.05, 3.63) is 66.0 Å². The number of carbonyl (C=O) groups is 3. The van der Waals surface area contributed by atoms with Gasteiger partial charge in [-0.1, -0.05) is 50.2 Å². The fourth-order valence-corrected chi connectivity index (χ4v) is 3.00. The molecule has 0 spiro atoms. The summed E-state index contributed by atoms with van der Waals surface area (Å²) in [5.41, 5.74) is 5.97. The Morgan fingerprint density at radius 2 is 1.66 bits per heavy atom. The molecule has 10 heteroatoms. The number of ether oxygens (including phenoxy) is 2. The van der Waals surface area contributed by atoms with Crippen LogP contribution >= 0.6 is 0 Å². The fourth-order valence-electron chi connectivity index (χ4n) is 3.00. The van der Waals surface area contributed by atoms with Crippen LogP contribution in [0.5, 0.6) is 0 Å². The average molecular weight is 486 g/mol. The van der Waals surface area contributed by atoms with Gasteiger partial charge >= 0.3 is 12.2 Å². The quantitative estimate of drug-likeness (QED) is 0.521. The van der Waals surface area contributed by atoms with Gasteiger partial charge in [-0.2, -0.15) is 0 Å². The summed E-state index contributed by atoms with van der Waals surface area (Å²) in [6, 6.07) is 12.7. The molecule has 1 heterocycles. The molecule has 0 aliphatic carbocycles. The SMILES string of the molecule is CC(C)CN(CC(=O)N(Cc1cccnc1)NC(=O)OCc1ccccc1)NC(=O)OC(C)(C)C. The van der Waals surface area contributed by atoms with Gasteiger partial charge in [0.25, 0.3) is 5.91 Å². The Morgan fingerprint density at radius 1 is 0.971 bits per heavy atom. The van der Waals surface area contributed by atoms with Gasteiger partial charge < -0.3 is 9.47 Å². The second-order valence-electron chi connectivity index (χ2n) is 9.40. The molecule has 0 saturated heterocycles. The van der Waals surface area contributed by atoms with Crippen molar-refractivity contribution >= 4 is 18.1 Å². The van der Waals surface area contributed by atoms with Gasteiger partial charge in [0.2, 0.25) is 0 Å². The third kappa shape index (κ3) is 11.3. The topological polar surface area (TPSA) is 113 Å². The third-order valence-electron chi connectivity index (χ3n) is 4.36. The first-order valence-corrected chi connectivity index (χ1v) is 11.4. The van der Waals surface area contributed by atoms with Gasteiger partial charge in [0.1, 0.15) is 12.2 Å². The van der Waals surface area contributed by atoms with Crippen LogP contribution in [0.4, 0.5) is 9.59 Å². The van der Waals surface area contributed by atoms with Crippen molar-refractivity contribution in [1.29, 1.82) is 0 Å². The van der Waals surface area contributed by atoms with Crippen LogP contribution in [0.1, 0.15) is 45.7 Å². The van der Waals surface area contributed by atoms with Gasteiger partial charge in [-0.3, -0.25) is 15.2 Å². The van der Waals surface area contributed by atoms with E-state index in [1.165, 1.54) is 5.01 Å². The summed E-state index contributed by atoms with van der Waals surface area (Å²) in [5.74, 6) is -0.310. The van der Waals surface area contributed by atoms with Crippen LogP contribution in [0.25, 0.3) is 0 Å². The van der Waals surface area contributed by atoms with E-state index in [0.29, 0.717) is 12.1 Å². The lowest BCUT2D eigenvalue weighted by atomic mass is 10.2. The Kier molecular flexibility index (Phi) is 10.5. The number of benzene rings is 1. The highest BCUT2D eigenvalue weighted by atomic mass is 16.6. The van der Waals surface area contributed by atoms with E-state index in [0.717, 1.165) is 10.6 Å². The van der Waals surface area contributed by atoms with Crippen LogP contribution in [0.15, 0.2) is 54.9 Å². The molecule has 1 aromatic heterocycles. The Morgan fingerprint density at radius 3 is 2.26 bits per heavy atom. The Balaban J connectivity index is 2.09. The summed E-state index contributed by atoms with van der Waals surface area (Å²) in [5, 5.41) is 2.61. The summed E-state index contributed by atoms with van der Waals surface area (Å²) >= 11 is 0. The molecule has 190 valence electrons. The number of aromatic nitrogens is 1. The van der Waals surface area contributed by atoms with Crippen LogP contribution in [0, 0.1) is 5.92 Å². The molecule has 10 nitrogen and oxygen atoms in total. The minimum Gasteiger partial charge on any atom is -0.443 e. The zero-order valence-corrected chi connectivity index (χ0v) is 21.0. The maximum absolute atomic E-state index is 13.2. The van der Waals surface area contributed by atoms with E-state index in [1.807, 2.05) is 44.2 Å². The molecule has 1 aromatic carbocycles. The second-order valence-corrected chi connectivity index (χ2v) is 9.40. The Hall–Kier alpha value is -3.66. The van der Waals surface area contributed by atoms with Crippen molar-refractivity contribution in [3.63, 3.8) is 0 Å². The molecule has 2 N–H and O–H groups in total. The molecule has 3 amide bonds. The van der Waals surface area contributed by atoms with Crippen LogP contribution in [0.3, 0.4) is 0 Å². The lowest BCUT2D eigenvalue weighted by Crippen LogP contribution is -2.54. The van der Waals surface area contributed by atoms with E-state index in [9.17, 15) is 14.4 Å². The summed E-state index contributed by atoms with van der Waals surface area (Å²) in [7, 11) is 0. The largest absolute Gasteiger partial charge is 0.443 e. The maximum Gasteiger partial charge on any atom is 0.426 e. The van der Waals surface area contributed by atoms with E-state index in [-0.39, 0.29) is 25.6 Å². The van der Waals surface area contributed by atoms with Crippen LogP contribution in [-0.4, -0.2) is 51.8 Å². The van der Waals surface area contributed by atoms with Crippen molar-refractivity contribution in [1.82, 2.24) is 25.9 Å². The fraction of sp³-hybridized carbons (Fsp3) is 0.440. The number of amides is 3. The van der Waals surface area contributed by atoms with Gasteiger partial charge in [0, 0.05) is 18.9 Å². The van der Waals surface area contributed by atoms with Crippen molar-refractivity contribution < 1.29 is 23.9 Å². The minimum absolute atomic E-state index is 0.0568. The van der Waals surface area contributed by atoms with E-state index in [2.05, 4.69) is 15.8 Å². The average Bonchev–Trinajstić information content (AvgIpc) is 2.77. The molecular formula is C25H35N5O5. The molecular weight excluding hydrogens is 450 g/mol. The van der Waals surface area contributed by atoms with E-state index >= 15 is 0 Å². The second kappa shape index (κ2) is 13.3. The zero-order valence-electron chi connectivity index (χ0n) is 21.0. The van der Waals surface area contributed by atoms with Crippen molar-refractivity contribution in [2.45, 2.75) is 53.4 Å². The molecule has 0 fully saturated rings. The van der Waals surface area contributed by atoms with Crippen molar-refractivity contribution in [2.75, 3.05) is 13.1 Å². The summed E-state index contributed by atoms with van der Waals surface area (Å²) in [6.45, 7) is 9.50. The van der Waals surface area contributed by atoms with Crippen LogP contribution < -0.4 is 10.9 Å². The number of hydrogen-bond donors (Lipinski definition) is 2. The predicted octanol–water partition coefficient (Wildman–Crippen LogP) is 3.65. The van der Waals surface area contributed by atoms with Crippen LogP contribution in [-0.2, 0) is 27.4 Å². The number of pyridine rings is 1. The normalized spacial score (nSPS) is 11.2. The smallest absolute Gasteiger partial charge is 0.426 e. The summed E-state index contributed by atoms with van der Waals surface area (Å²) in [6.07, 6.45) is 1.77. The van der Waals surface area contributed by atoms with E-state index in [1.54, 1.807) is 45.3 Å². The third-order valence-corrected chi connectivity index (χ3v) is 4.36. The van der Waals surface area contributed by atoms with Gasteiger partial charge in [-0.15, -0.1) is 0 Å². The van der Waals surface area contributed by atoms with Gasteiger partial charge in [-0.25, -0.2) is 25.0 Å². The number of rotatable bonds is 9. The monoisotopic (exact) mass is 485 g/mol. The number of hydrazine groups is 2. The van der Waals surface area contributed by atoms with Crippen molar-refractivity contribution in [2.24, 2.45) is 5.92 Å². The first-order chi connectivity index (χ1) is 16.5. The first-order valence-electron chi connectivity index (χ1n) is 11.4. The number of nitrogens with one attached hydrogen (secondary N) is 2. The van der Waals surface area contributed by atoms with Crippen LogP contribution in [0.2, 0.25) is 0 Å². The van der Waals surface area contributed by atoms with Gasteiger partial charge in [0.15, 0.2) is 0 Å². The highest BCUT2D eigenvalue weighted by molar-refractivity contribution is 5.81. The molecule has 0 unspecified atom stereocenters. The lowest BCUT2D eigenvalue weighted by Gasteiger charge is -2.29. The zero-order chi connectivity index (χ0) is 25.8. The Bertz CT molecular complexity index is 948. The molecule has 2 rings (SSSR count). The molecule has 0 aliphatic heterocycles. The molecule has 0 aliphatic rings. The number of nitrogens with zero attached hydrogens (tertiary/aromatic N) is 3. The Labute approximate surface area is 206 Å². The maximum atomic E-state index is 13.2. The number of carbonyl (C=O) groups excluding carboxylic acids is 3. The van der Waals surface area contributed by atoms with Gasteiger partial charge in [0.05, 0.1) is 13.1 Å². The molecule has 2 aromatic rings. The highest BCUT2D eigenvalue weighted by Crippen LogP contribution is 2.08. The molecule has 0 bridgehead atoms. The first kappa shape index (κ1) is 27.6. The molecule has 0 atom stereocenters. The minimum atomic E-state index is -0.776. The summed E-state index contributed by atoms with van der Waals surface area (Å²) < 4.78 is 10.6. The molecule has 0 radical (unpaired) electrons. The molecule has 35 heavy (non-hydrogen) atoms. The lowest BCUT2D eigenvalue weighted by molar-refractivity contribution is -0.136. The van der Waals surface area contributed by atoms with Crippen molar-refractivity contribution in [3.8, 4) is 0 Å². The highest BCUT2D eigenvalue weighted by Gasteiger charge is 2.24. The molecule has 0 saturated carbocycles. The van der Waals surface area contributed by atoms with Gasteiger partial charge in [-0.05, 0) is 43.9 Å². The number of hydrogen-bond acceptors (Lipinski definition) is 7. The van der Waals surface area contributed by atoms with E-state index < -0.39 is 23.7 Å².